The molecule has 0 atom stereocenters. The van der Waals surface area contributed by atoms with Gasteiger partial charge in [0.15, 0.2) is 5.69 Å². The minimum atomic E-state index is -0.315. The van der Waals surface area contributed by atoms with E-state index in [9.17, 15) is 19.5 Å². The summed E-state index contributed by atoms with van der Waals surface area (Å²) in [5, 5.41) is 17.2. The molecule has 2 N–H and O–H groups in total. The topological polar surface area (TPSA) is 111 Å². The molecule has 5 rings (SSSR count). The van der Waals surface area contributed by atoms with Crippen LogP contribution in [0.3, 0.4) is 0 Å². The summed E-state index contributed by atoms with van der Waals surface area (Å²) in [6.45, 7) is 9.20. The number of aryl methyl sites for hydroxylation is 2. The number of hydrogen-bond donors (Lipinski definition) is 2. The molecule has 50 heavy (non-hydrogen) atoms. The smallest absolute Gasteiger partial charge is 0.274 e. The second-order valence-electron chi connectivity index (χ2n) is 12.9. The van der Waals surface area contributed by atoms with Gasteiger partial charge in [-0.3, -0.25) is 14.4 Å². The summed E-state index contributed by atoms with van der Waals surface area (Å²) in [5.41, 5.74) is 5.62. The molecule has 1 aromatic heterocycles. The number of hydrogen-bond acceptors (Lipinski definition) is 6. The summed E-state index contributed by atoms with van der Waals surface area (Å²) in [6, 6.07) is 25.0. The van der Waals surface area contributed by atoms with Crippen LogP contribution in [0, 0.1) is 6.92 Å². The molecule has 3 aromatic carbocycles. The zero-order valence-electron chi connectivity index (χ0n) is 29.6. The van der Waals surface area contributed by atoms with Crippen LogP contribution in [0.25, 0.3) is 5.69 Å². The van der Waals surface area contributed by atoms with Crippen molar-refractivity contribution in [3.63, 3.8) is 0 Å². The highest BCUT2D eigenvalue weighted by molar-refractivity contribution is 6.02. The maximum atomic E-state index is 14.1. The number of piperazine rings is 1. The number of para-hydroxylation sites is 1. The molecule has 0 spiro atoms. The van der Waals surface area contributed by atoms with E-state index in [4.69, 9.17) is 5.10 Å². The largest absolute Gasteiger partial charge is 0.396 e. The molecule has 10 nitrogen and oxygen atoms in total. The summed E-state index contributed by atoms with van der Waals surface area (Å²) in [6.07, 6.45) is 5.16. The SMILES string of the molecule is CCCCN(CCCC)C(=O)c1cc(C)n(-c2ccc(N3CCN(c4ccccc4)CC3=O)cc2C(=O)NCc2ccccc2CCCO)n1. The van der Waals surface area contributed by atoms with E-state index in [1.165, 1.54) is 0 Å². The van der Waals surface area contributed by atoms with Gasteiger partial charge < -0.3 is 25.1 Å². The third-order valence-corrected chi connectivity index (χ3v) is 9.23. The number of carbonyl (C=O) groups excluding carboxylic acids is 3. The standard InChI is InChI=1S/C40H50N6O4/c1-4-6-21-43(22-7-5-2)40(50)36-26-30(3)46(42-36)37-20-19-34(45-24-23-44(29-38(45)48)33-17-9-8-10-18-33)27-35(37)39(49)41-28-32-15-12-11-14-31(32)16-13-25-47/h8-12,14-15,17-20,26-27,47H,4-7,13,16,21-25,28-29H2,1-3H3,(H,41,49). The van der Waals surface area contributed by atoms with Crippen LogP contribution in [-0.4, -0.2) is 76.8 Å². The van der Waals surface area contributed by atoms with E-state index in [2.05, 4.69) is 24.1 Å². The summed E-state index contributed by atoms with van der Waals surface area (Å²) in [5.74, 6) is -0.485. The van der Waals surface area contributed by atoms with Gasteiger partial charge in [-0.2, -0.15) is 5.10 Å². The van der Waals surface area contributed by atoms with E-state index in [1.807, 2.05) is 78.6 Å². The average molecular weight is 679 g/mol. The molecule has 0 saturated carbocycles. The number of benzene rings is 3. The quantitative estimate of drug-likeness (QED) is 0.152. The number of nitrogens with zero attached hydrogens (tertiary/aromatic N) is 5. The van der Waals surface area contributed by atoms with E-state index in [0.29, 0.717) is 68.2 Å². The predicted octanol–water partition coefficient (Wildman–Crippen LogP) is 5.93. The Hall–Kier alpha value is -4.96. The second-order valence-corrected chi connectivity index (χ2v) is 12.9. The Morgan fingerprint density at radius 3 is 2.24 bits per heavy atom. The van der Waals surface area contributed by atoms with Crippen molar-refractivity contribution in [1.29, 1.82) is 0 Å². The van der Waals surface area contributed by atoms with Crippen molar-refractivity contribution in [3.05, 3.63) is 107 Å². The first-order valence-corrected chi connectivity index (χ1v) is 17.9. The number of aliphatic hydroxyl groups is 1. The lowest BCUT2D eigenvalue weighted by molar-refractivity contribution is -0.117. The van der Waals surface area contributed by atoms with Gasteiger partial charge >= 0.3 is 0 Å². The molecule has 0 radical (unpaired) electrons. The maximum Gasteiger partial charge on any atom is 0.274 e. The Bertz CT molecular complexity index is 1750. The number of aromatic nitrogens is 2. The lowest BCUT2D eigenvalue weighted by Gasteiger charge is -2.36. The third-order valence-electron chi connectivity index (χ3n) is 9.23. The summed E-state index contributed by atoms with van der Waals surface area (Å²) in [7, 11) is 0. The minimum Gasteiger partial charge on any atom is -0.396 e. The van der Waals surface area contributed by atoms with Gasteiger partial charge in [-0.05, 0) is 80.1 Å². The molecule has 4 aromatic rings. The van der Waals surface area contributed by atoms with Crippen molar-refractivity contribution < 1.29 is 19.5 Å². The Balaban J connectivity index is 1.46. The minimum absolute atomic E-state index is 0.0561. The lowest BCUT2D eigenvalue weighted by Crippen LogP contribution is -2.50. The average Bonchev–Trinajstić information content (AvgIpc) is 3.54. The van der Waals surface area contributed by atoms with Gasteiger partial charge in [0.05, 0.1) is 17.8 Å². The normalized spacial score (nSPS) is 13.1. The number of carbonyl (C=O) groups is 3. The number of anilines is 2. The highest BCUT2D eigenvalue weighted by atomic mass is 16.3. The first kappa shape index (κ1) is 36.3. The van der Waals surface area contributed by atoms with E-state index < -0.39 is 0 Å². The van der Waals surface area contributed by atoms with Gasteiger partial charge in [0.1, 0.15) is 0 Å². The zero-order valence-corrected chi connectivity index (χ0v) is 29.6. The Kier molecular flexibility index (Phi) is 12.8. The van der Waals surface area contributed by atoms with Crippen molar-refractivity contribution in [3.8, 4) is 5.69 Å². The second kappa shape index (κ2) is 17.6. The van der Waals surface area contributed by atoms with Gasteiger partial charge in [-0.1, -0.05) is 69.2 Å². The van der Waals surface area contributed by atoms with E-state index in [0.717, 1.165) is 48.2 Å². The molecule has 0 aliphatic carbocycles. The highest BCUT2D eigenvalue weighted by Gasteiger charge is 2.28. The summed E-state index contributed by atoms with van der Waals surface area (Å²) < 4.78 is 1.66. The molecule has 1 fully saturated rings. The van der Waals surface area contributed by atoms with Crippen LogP contribution in [-0.2, 0) is 17.8 Å². The molecular formula is C40H50N6O4. The Labute approximate surface area is 295 Å². The highest BCUT2D eigenvalue weighted by Crippen LogP contribution is 2.27. The van der Waals surface area contributed by atoms with Crippen molar-refractivity contribution in [2.24, 2.45) is 0 Å². The molecule has 1 aliphatic heterocycles. The molecule has 0 bridgehead atoms. The number of amides is 3. The van der Waals surface area contributed by atoms with Gasteiger partial charge in [0, 0.05) is 56.4 Å². The third kappa shape index (κ3) is 8.79. The monoisotopic (exact) mass is 678 g/mol. The number of aliphatic hydroxyl groups excluding tert-OH is 1. The van der Waals surface area contributed by atoms with Crippen molar-refractivity contribution >= 4 is 29.1 Å². The molecule has 264 valence electrons. The first-order valence-electron chi connectivity index (χ1n) is 17.9. The zero-order chi connectivity index (χ0) is 35.5. The molecular weight excluding hydrogens is 628 g/mol. The molecule has 2 heterocycles. The molecule has 10 heteroatoms. The van der Waals surface area contributed by atoms with Crippen LogP contribution in [0.2, 0.25) is 0 Å². The number of rotatable bonds is 16. The lowest BCUT2D eigenvalue weighted by atomic mass is 10.0. The molecule has 3 amide bonds. The first-order chi connectivity index (χ1) is 24.3. The maximum absolute atomic E-state index is 14.1. The van der Waals surface area contributed by atoms with E-state index in [1.54, 1.807) is 21.7 Å². The van der Waals surface area contributed by atoms with Crippen LogP contribution in [0.5, 0.6) is 0 Å². The number of nitrogens with one attached hydrogen (secondary N) is 1. The fourth-order valence-electron chi connectivity index (χ4n) is 6.38. The fraction of sp³-hybridized carbons (Fsp3) is 0.400. The summed E-state index contributed by atoms with van der Waals surface area (Å²) in [4.78, 5) is 47.0. The van der Waals surface area contributed by atoms with Crippen molar-refractivity contribution in [2.75, 3.05) is 49.1 Å². The molecule has 0 unspecified atom stereocenters. The van der Waals surface area contributed by atoms with Gasteiger partial charge in [0.25, 0.3) is 11.8 Å². The summed E-state index contributed by atoms with van der Waals surface area (Å²) >= 11 is 0. The fourth-order valence-corrected chi connectivity index (χ4v) is 6.38. The van der Waals surface area contributed by atoms with Gasteiger partial charge in [-0.15, -0.1) is 0 Å². The van der Waals surface area contributed by atoms with E-state index in [-0.39, 0.29) is 30.9 Å². The van der Waals surface area contributed by atoms with Crippen molar-refractivity contribution in [2.45, 2.75) is 65.8 Å². The molecule has 1 aliphatic rings. The van der Waals surface area contributed by atoms with Crippen LogP contribution >= 0.6 is 0 Å². The van der Waals surface area contributed by atoms with Crippen LogP contribution in [0.15, 0.2) is 78.9 Å². The van der Waals surface area contributed by atoms with Gasteiger partial charge in [0.2, 0.25) is 5.91 Å². The van der Waals surface area contributed by atoms with Crippen LogP contribution in [0.4, 0.5) is 11.4 Å². The van der Waals surface area contributed by atoms with E-state index >= 15 is 0 Å². The predicted molar refractivity (Wildman–Crippen MR) is 198 cm³/mol. The Morgan fingerprint density at radius 2 is 1.56 bits per heavy atom. The Morgan fingerprint density at radius 1 is 0.860 bits per heavy atom. The molecule has 1 saturated heterocycles. The number of unbranched alkanes of at least 4 members (excludes halogenated alkanes) is 2. The van der Waals surface area contributed by atoms with Crippen LogP contribution in [0.1, 0.15) is 83.6 Å². The van der Waals surface area contributed by atoms with Gasteiger partial charge in [-0.25, -0.2) is 4.68 Å². The van der Waals surface area contributed by atoms with Crippen molar-refractivity contribution in [1.82, 2.24) is 20.0 Å². The van der Waals surface area contributed by atoms with Crippen LogP contribution < -0.4 is 15.1 Å².